The highest BCUT2D eigenvalue weighted by Crippen LogP contribution is 2.09. The van der Waals surface area contributed by atoms with Gasteiger partial charge in [-0.2, -0.15) is 0 Å². The van der Waals surface area contributed by atoms with E-state index in [1.54, 1.807) is 38.1 Å². The molecular weight excluding hydrogens is 344 g/mol. The summed E-state index contributed by atoms with van der Waals surface area (Å²) in [6.07, 6.45) is 0. The van der Waals surface area contributed by atoms with E-state index < -0.39 is 23.4 Å². The summed E-state index contributed by atoms with van der Waals surface area (Å²) in [5, 5.41) is 11.3. The number of benzene rings is 1. The van der Waals surface area contributed by atoms with Gasteiger partial charge in [0, 0.05) is 27.9 Å². The first kappa shape index (κ1) is 23.7. The van der Waals surface area contributed by atoms with Crippen LogP contribution in [0.2, 0.25) is 0 Å². The fraction of sp³-hybridized carbons (Fsp3) is 0.200. The first-order valence-electron chi connectivity index (χ1n) is 7.85. The lowest BCUT2D eigenvalue weighted by Crippen LogP contribution is -2.61. The third-order valence-electron chi connectivity index (χ3n) is 3.28. The van der Waals surface area contributed by atoms with E-state index in [9.17, 15) is 9.59 Å². The van der Waals surface area contributed by atoms with Crippen LogP contribution in [0, 0.1) is 11.8 Å². The molecule has 0 saturated heterocycles. The Labute approximate surface area is 159 Å². The van der Waals surface area contributed by atoms with Gasteiger partial charge in [-0.15, -0.1) is 13.2 Å². The van der Waals surface area contributed by atoms with Crippen molar-refractivity contribution in [3.63, 3.8) is 0 Å². The molecule has 1 atom stereocenters. The smallest absolute Gasteiger partial charge is 0.267 e. The third-order valence-corrected chi connectivity index (χ3v) is 3.28. The molecule has 0 bridgehead atoms. The van der Waals surface area contributed by atoms with Crippen LogP contribution in [-0.2, 0) is 4.79 Å². The van der Waals surface area contributed by atoms with Gasteiger partial charge in [-0.25, -0.2) is 5.48 Å². The van der Waals surface area contributed by atoms with Gasteiger partial charge in [0.05, 0.1) is 0 Å². The molecular formula is C20H26N4O3. The molecule has 7 heteroatoms. The largest absolute Gasteiger partial charge is 0.398 e. The second-order valence-electron chi connectivity index (χ2n) is 6.04. The summed E-state index contributed by atoms with van der Waals surface area (Å²) in [6.45, 7) is 16.3. The van der Waals surface area contributed by atoms with Crippen molar-refractivity contribution in [2.45, 2.75) is 25.4 Å². The van der Waals surface area contributed by atoms with Gasteiger partial charge >= 0.3 is 0 Å². The standard InChI is InChI=1S/C18H22N4O3.C2H4/c1-11(12(2)19)5-6-13-7-9-14(10-8-13)16(23)21-15(17(24)22-25)18(3,4)20;1-2/h7-10,15,25H,1-2,19-20H2,3-4H3,(H,21,23)(H,22,24);1-2H2/t15-;/m1./s1. The van der Waals surface area contributed by atoms with Crippen LogP contribution in [0.3, 0.4) is 0 Å². The number of allylic oxidation sites excluding steroid dienone is 1. The number of amides is 2. The third kappa shape index (κ3) is 7.61. The normalized spacial score (nSPS) is 10.8. The fourth-order valence-electron chi connectivity index (χ4n) is 1.80. The molecule has 27 heavy (non-hydrogen) atoms. The summed E-state index contributed by atoms with van der Waals surface area (Å²) in [5.74, 6) is 4.29. The van der Waals surface area contributed by atoms with Crippen molar-refractivity contribution >= 4 is 11.8 Å². The molecule has 0 saturated carbocycles. The van der Waals surface area contributed by atoms with Gasteiger partial charge in [-0.1, -0.05) is 25.0 Å². The SMILES string of the molecule is C=C.C=C(N)C(=C)C#Cc1ccc(C(=O)N[C@H](C(=O)NO)C(C)(C)N)cc1. The van der Waals surface area contributed by atoms with E-state index in [1.165, 1.54) is 5.48 Å². The lowest BCUT2D eigenvalue weighted by molar-refractivity contribution is -0.132. The molecule has 0 fully saturated rings. The van der Waals surface area contributed by atoms with Crippen molar-refractivity contribution in [2.75, 3.05) is 0 Å². The Kier molecular flexibility index (Phi) is 9.29. The second kappa shape index (κ2) is 10.6. The zero-order valence-electron chi connectivity index (χ0n) is 15.6. The van der Waals surface area contributed by atoms with Crippen molar-refractivity contribution < 1.29 is 14.8 Å². The molecule has 0 unspecified atom stereocenters. The van der Waals surface area contributed by atoms with E-state index in [0.29, 0.717) is 22.4 Å². The minimum absolute atomic E-state index is 0.293. The Morgan fingerprint density at radius 2 is 1.70 bits per heavy atom. The topological polar surface area (TPSA) is 130 Å². The number of carbonyl (C=O) groups is 2. The Bertz CT molecular complexity index is 765. The Morgan fingerprint density at radius 1 is 1.19 bits per heavy atom. The van der Waals surface area contributed by atoms with Crippen molar-refractivity contribution in [2.24, 2.45) is 11.5 Å². The van der Waals surface area contributed by atoms with Crippen molar-refractivity contribution in [3.8, 4) is 11.8 Å². The van der Waals surface area contributed by atoms with Crippen LogP contribution in [-0.4, -0.2) is 28.6 Å². The van der Waals surface area contributed by atoms with Crippen LogP contribution in [0.5, 0.6) is 0 Å². The van der Waals surface area contributed by atoms with Crippen LogP contribution in [0.15, 0.2) is 61.9 Å². The first-order chi connectivity index (χ1) is 12.6. The van der Waals surface area contributed by atoms with E-state index >= 15 is 0 Å². The summed E-state index contributed by atoms with van der Waals surface area (Å²) in [6, 6.07) is 5.28. The first-order valence-corrected chi connectivity index (χ1v) is 7.85. The molecule has 0 spiro atoms. The molecule has 2 amide bonds. The molecule has 0 heterocycles. The van der Waals surface area contributed by atoms with Crippen molar-refractivity contribution in [1.82, 2.24) is 10.8 Å². The minimum Gasteiger partial charge on any atom is -0.398 e. The van der Waals surface area contributed by atoms with E-state index in [4.69, 9.17) is 16.7 Å². The maximum Gasteiger partial charge on any atom is 0.267 e. The lowest BCUT2D eigenvalue weighted by Gasteiger charge is -2.29. The predicted octanol–water partition coefficient (Wildman–Crippen LogP) is 1.21. The monoisotopic (exact) mass is 370 g/mol. The van der Waals surface area contributed by atoms with Gasteiger partial charge in [0.1, 0.15) is 6.04 Å². The zero-order valence-corrected chi connectivity index (χ0v) is 15.6. The van der Waals surface area contributed by atoms with Crippen molar-refractivity contribution in [3.05, 3.63) is 73.0 Å². The molecule has 1 aromatic carbocycles. The highest BCUT2D eigenvalue weighted by atomic mass is 16.5. The second-order valence-corrected chi connectivity index (χ2v) is 6.04. The minimum atomic E-state index is -1.11. The summed E-state index contributed by atoms with van der Waals surface area (Å²) < 4.78 is 0. The maximum atomic E-state index is 12.3. The molecule has 0 radical (unpaired) electrons. The van der Waals surface area contributed by atoms with Gasteiger partial charge in [-0.05, 0) is 38.1 Å². The summed E-state index contributed by atoms with van der Waals surface area (Å²) in [4.78, 5) is 24.0. The number of rotatable bonds is 5. The summed E-state index contributed by atoms with van der Waals surface area (Å²) in [5.41, 5.74) is 13.4. The van der Waals surface area contributed by atoms with Crippen LogP contribution < -0.4 is 22.3 Å². The summed E-state index contributed by atoms with van der Waals surface area (Å²) in [7, 11) is 0. The number of hydrogen-bond donors (Lipinski definition) is 5. The van der Waals surface area contributed by atoms with Gasteiger partial charge in [-0.3, -0.25) is 14.8 Å². The summed E-state index contributed by atoms with van der Waals surface area (Å²) >= 11 is 0. The highest BCUT2D eigenvalue weighted by Gasteiger charge is 2.33. The Morgan fingerprint density at radius 3 is 2.11 bits per heavy atom. The number of hydroxylamine groups is 1. The van der Waals surface area contributed by atoms with E-state index in [1.807, 2.05) is 0 Å². The fourth-order valence-corrected chi connectivity index (χ4v) is 1.80. The van der Waals surface area contributed by atoms with Crippen LogP contribution >= 0.6 is 0 Å². The molecule has 1 aromatic rings. The number of carbonyl (C=O) groups excluding carboxylic acids is 2. The average Bonchev–Trinajstić information content (AvgIpc) is 2.64. The van der Waals surface area contributed by atoms with Gasteiger partial charge in [0.2, 0.25) is 0 Å². The average molecular weight is 370 g/mol. The van der Waals surface area contributed by atoms with E-state index in [0.717, 1.165) is 0 Å². The number of hydrogen-bond acceptors (Lipinski definition) is 5. The quantitative estimate of drug-likeness (QED) is 0.175. The van der Waals surface area contributed by atoms with Crippen LogP contribution in [0.25, 0.3) is 0 Å². The molecule has 7 nitrogen and oxygen atoms in total. The van der Waals surface area contributed by atoms with Gasteiger partial charge in [0.25, 0.3) is 11.8 Å². The molecule has 144 valence electrons. The Balaban J connectivity index is 0.00000326. The van der Waals surface area contributed by atoms with Crippen LogP contribution in [0.1, 0.15) is 29.8 Å². The molecule has 0 aliphatic heterocycles. The number of nitrogens with one attached hydrogen (secondary N) is 2. The highest BCUT2D eigenvalue weighted by molar-refractivity contribution is 5.97. The molecule has 0 aliphatic rings. The Hall–Kier alpha value is -3.34. The van der Waals surface area contributed by atoms with Gasteiger partial charge < -0.3 is 16.8 Å². The molecule has 1 rings (SSSR count). The van der Waals surface area contributed by atoms with E-state index in [2.05, 4.69) is 43.5 Å². The number of nitrogens with two attached hydrogens (primary N) is 2. The van der Waals surface area contributed by atoms with Gasteiger partial charge in [0.15, 0.2) is 0 Å². The lowest BCUT2D eigenvalue weighted by atomic mass is 9.95. The van der Waals surface area contributed by atoms with E-state index in [-0.39, 0.29) is 0 Å². The van der Waals surface area contributed by atoms with Crippen molar-refractivity contribution in [1.29, 1.82) is 0 Å². The zero-order chi connectivity index (χ0) is 21.2. The molecule has 0 aromatic heterocycles. The molecule has 0 aliphatic carbocycles. The predicted molar refractivity (Wildman–Crippen MR) is 106 cm³/mol. The van der Waals surface area contributed by atoms with Crippen LogP contribution in [0.4, 0.5) is 0 Å². The maximum absolute atomic E-state index is 12.3. The molecule has 7 N–H and O–H groups in total.